The number of nitrogens with one attached hydrogen (secondary N) is 1. The number of rotatable bonds is 3. The van der Waals surface area contributed by atoms with Crippen LogP contribution in [0, 0.1) is 0 Å². The topological polar surface area (TPSA) is 25.0 Å². The molecular weight excluding hydrogens is 402 g/mol. The highest BCUT2D eigenvalue weighted by Gasteiger charge is 2.25. The Kier molecular flexibility index (Phi) is 5.80. The third-order valence-corrected chi connectivity index (χ3v) is 8.02. The van der Waals surface area contributed by atoms with Crippen LogP contribution in [-0.2, 0) is 0 Å². The summed E-state index contributed by atoms with van der Waals surface area (Å²) in [4.78, 5) is 12.6. The molecule has 0 saturated carbocycles. The molecule has 1 N–H and O–H groups in total. The molecule has 0 unspecified atom stereocenters. The molecule has 3 heterocycles. The highest BCUT2D eigenvalue weighted by molar-refractivity contribution is 7.99. The maximum Gasteiger partial charge on any atom is 0.0563 e. The Morgan fingerprint density at radius 3 is 1.94 bits per heavy atom. The Morgan fingerprint density at radius 1 is 0.742 bits per heavy atom. The van der Waals surface area contributed by atoms with Crippen molar-refractivity contribution in [3.63, 3.8) is 0 Å². The standard InChI is InChI=1S/C25H35N5S/c1-18(2)21-15-20(30-13-9-28(4)10-14-30)17-24-25(21)26-22-6-5-19(16-23(22)31-24)29-11-7-27(3)8-12-29/h5-6,15-18,26H,7-14H2,1-4H3. The maximum absolute atomic E-state index is 3.79. The van der Waals surface area contributed by atoms with Gasteiger partial charge in [-0.05, 0) is 55.9 Å². The summed E-state index contributed by atoms with van der Waals surface area (Å²) in [5.74, 6) is 0.487. The van der Waals surface area contributed by atoms with Crippen LogP contribution in [0.3, 0.4) is 0 Å². The predicted octanol–water partition coefficient (Wildman–Crippen LogP) is 4.52. The van der Waals surface area contributed by atoms with Crippen molar-refractivity contribution >= 4 is 34.5 Å². The molecule has 0 aliphatic carbocycles. The average Bonchev–Trinajstić information content (AvgIpc) is 2.77. The number of hydrogen-bond donors (Lipinski definition) is 1. The van der Waals surface area contributed by atoms with Crippen molar-refractivity contribution in [1.82, 2.24) is 9.80 Å². The van der Waals surface area contributed by atoms with Crippen molar-refractivity contribution in [2.75, 3.05) is 81.6 Å². The van der Waals surface area contributed by atoms with E-state index in [9.17, 15) is 0 Å². The molecule has 2 fully saturated rings. The van der Waals surface area contributed by atoms with Crippen LogP contribution in [0.15, 0.2) is 40.1 Å². The lowest BCUT2D eigenvalue weighted by molar-refractivity contribution is 0.313. The molecule has 0 aromatic heterocycles. The summed E-state index contributed by atoms with van der Waals surface area (Å²) < 4.78 is 0. The van der Waals surface area contributed by atoms with Gasteiger partial charge in [0.1, 0.15) is 0 Å². The smallest absolute Gasteiger partial charge is 0.0563 e. The van der Waals surface area contributed by atoms with Gasteiger partial charge in [-0.2, -0.15) is 0 Å². The lowest BCUT2D eigenvalue weighted by Crippen LogP contribution is -2.44. The van der Waals surface area contributed by atoms with E-state index < -0.39 is 0 Å². The zero-order valence-corrected chi connectivity index (χ0v) is 20.1. The molecule has 166 valence electrons. The molecule has 6 heteroatoms. The first-order valence-electron chi connectivity index (χ1n) is 11.6. The monoisotopic (exact) mass is 437 g/mol. The number of benzene rings is 2. The lowest BCUT2D eigenvalue weighted by Gasteiger charge is -2.36. The van der Waals surface area contributed by atoms with Crippen LogP contribution in [-0.4, -0.2) is 76.3 Å². The number of fused-ring (bicyclic) bond motifs is 2. The van der Waals surface area contributed by atoms with Crippen molar-refractivity contribution in [1.29, 1.82) is 0 Å². The molecule has 0 bridgehead atoms. The van der Waals surface area contributed by atoms with Gasteiger partial charge in [-0.1, -0.05) is 25.6 Å². The molecule has 5 nitrogen and oxygen atoms in total. The molecule has 31 heavy (non-hydrogen) atoms. The Hall–Kier alpha value is -1.89. The summed E-state index contributed by atoms with van der Waals surface area (Å²) in [6.07, 6.45) is 0. The predicted molar refractivity (Wildman–Crippen MR) is 134 cm³/mol. The summed E-state index contributed by atoms with van der Waals surface area (Å²) in [7, 11) is 4.43. The van der Waals surface area contributed by atoms with Crippen molar-refractivity contribution in [3.05, 3.63) is 35.9 Å². The van der Waals surface area contributed by atoms with Crippen molar-refractivity contribution in [3.8, 4) is 0 Å². The number of likely N-dealkylation sites (N-methyl/N-ethyl adjacent to an activating group) is 2. The minimum Gasteiger partial charge on any atom is -0.369 e. The molecule has 2 aromatic rings. The van der Waals surface area contributed by atoms with Gasteiger partial charge >= 0.3 is 0 Å². The van der Waals surface area contributed by atoms with Crippen LogP contribution >= 0.6 is 11.8 Å². The van der Waals surface area contributed by atoms with Gasteiger partial charge in [0.2, 0.25) is 0 Å². The maximum atomic E-state index is 3.79. The van der Waals surface area contributed by atoms with E-state index in [1.165, 1.54) is 38.1 Å². The fourth-order valence-corrected chi connectivity index (χ4v) is 5.85. The van der Waals surface area contributed by atoms with Gasteiger partial charge in [0.05, 0.1) is 11.4 Å². The van der Waals surface area contributed by atoms with Crippen molar-refractivity contribution < 1.29 is 0 Å². The molecule has 0 radical (unpaired) electrons. The Labute approximate surface area is 191 Å². The molecule has 0 amide bonds. The largest absolute Gasteiger partial charge is 0.369 e. The first kappa shape index (κ1) is 21.0. The third kappa shape index (κ3) is 4.26. The molecule has 0 atom stereocenters. The second kappa shape index (κ2) is 8.57. The fourth-order valence-electron chi connectivity index (χ4n) is 4.75. The lowest BCUT2D eigenvalue weighted by atomic mass is 9.99. The molecule has 0 spiro atoms. The Morgan fingerprint density at radius 2 is 1.32 bits per heavy atom. The number of hydrogen-bond acceptors (Lipinski definition) is 6. The first-order chi connectivity index (χ1) is 15.0. The highest BCUT2D eigenvalue weighted by atomic mass is 32.2. The van der Waals surface area contributed by atoms with E-state index in [1.54, 1.807) is 0 Å². The second-order valence-electron chi connectivity index (χ2n) is 9.55. The molecular formula is C25H35N5S. The van der Waals surface area contributed by atoms with E-state index >= 15 is 0 Å². The van der Waals surface area contributed by atoms with Gasteiger partial charge < -0.3 is 24.9 Å². The van der Waals surface area contributed by atoms with Crippen molar-refractivity contribution in [2.24, 2.45) is 0 Å². The van der Waals surface area contributed by atoms with Gasteiger partial charge in [0.25, 0.3) is 0 Å². The highest BCUT2D eigenvalue weighted by Crippen LogP contribution is 2.49. The molecule has 2 saturated heterocycles. The fraction of sp³-hybridized carbons (Fsp3) is 0.520. The Balaban J connectivity index is 1.45. The third-order valence-electron chi connectivity index (χ3n) is 6.92. The number of anilines is 4. The van der Waals surface area contributed by atoms with Crippen LogP contribution in [0.4, 0.5) is 22.7 Å². The summed E-state index contributed by atoms with van der Waals surface area (Å²) in [6.45, 7) is 13.6. The average molecular weight is 438 g/mol. The minimum absolute atomic E-state index is 0.487. The molecule has 3 aliphatic heterocycles. The SMILES string of the molecule is CC(C)c1cc(N2CCN(C)CC2)cc2c1Nc1ccc(N3CCN(C)CC3)cc1S2. The van der Waals surface area contributed by atoms with Crippen LogP contribution in [0.25, 0.3) is 0 Å². The number of nitrogens with zero attached hydrogens (tertiary/aromatic N) is 4. The zero-order chi connectivity index (χ0) is 21.5. The van der Waals surface area contributed by atoms with Gasteiger partial charge in [-0.25, -0.2) is 0 Å². The van der Waals surface area contributed by atoms with E-state index in [0.29, 0.717) is 5.92 Å². The summed E-state index contributed by atoms with van der Waals surface area (Å²) >= 11 is 1.93. The normalized spacial score (nSPS) is 19.9. The summed E-state index contributed by atoms with van der Waals surface area (Å²) in [5.41, 5.74) is 6.70. The van der Waals surface area contributed by atoms with E-state index in [0.717, 1.165) is 52.4 Å². The van der Waals surface area contributed by atoms with Gasteiger partial charge in [0, 0.05) is 73.5 Å². The first-order valence-corrected chi connectivity index (χ1v) is 12.4. The van der Waals surface area contributed by atoms with E-state index in [2.05, 4.69) is 83.2 Å². The zero-order valence-electron chi connectivity index (χ0n) is 19.3. The van der Waals surface area contributed by atoms with Gasteiger partial charge in [0.15, 0.2) is 0 Å². The molecule has 5 rings (SSSR count). The second-order valence-corrected chi connectivity index (χ2v) is 10.6. The van der Waals surface area contributed by atoms with Gasteiger partial charge in [-0.3, -0.25) is 0 Å². The van der Waals surface area contributed by atoms with Crippen LogP contribution < -0.4 is 15.1 Å². The summed E-state index contributed by atoms with van der Waals surface area (Å²) in [5, 5.41) is 3.79. The molecule has 2 aromatic carbocycles. The van der Waals surface area contributed by atoms with Crippen molar-refractivity contribution in [2.45, 2.75) is 29.6 Å². The minimum atomic E-state index is 0.487. The van der Waals surface area contributed by atoms with E-state index in [1.807, 2.05) is 11.8 Å². The summed E-state index contributed by atoms with van der Waals surface area (Å²) in [6, 6.07) is 11.8. The van der Waals surface area contributed by atoms with Gasteiger partial charge in [-0.15, -0.1) is 0 Å². The van der Waals surface area contributed by atoms with E-state index in [4.69, 9.17) is 0 Å². The Bertz CT molecular complexity index is 943. The van der Waals surface area contributed by atoms with Crippen LogP contribution in [0.5, 0.6) is 0 Å². The van der Waals surface area contributed by atoms with Crippen LogP contribution in [0.1, 0.15) is 25.3 Å². The molecule has 3 aliphatic rings. The number of piperazine rings is 2. The quantitative estimate of drug-likeness (QED) is 0.647. The van der Waals surface area contributed by atoms with E-state index in [-0.39, 0.29) is 0 Å². The van der Waals surface area contributed by atoms with Crippen LogP contribution in [0.2, 0.25) is 0 Å².